The summed E-state index contributed by atoms with van der Waals surface area (Å²) in [6.45, 7) is 1.84. The lowest BCUT2D eigenvalue weighted by Crippen LogP contribution is -2.13. The molecule has 7 heteroatoms. The number of methoxy groups -OCH3 is 2. The predicted octanol–water partition coefficient (Wildman–Crippen LogP) is 4.86. The second kappa shape index (κ2) is 8.61. The van der Waals surface area contributed by atoms with Gasteiger partial charge in [0.1, 0.15) is 11.6 Å². The molecule has 0 saturated heterocycles. The number of hydrogen-bond donors (Lipinski definition) is 1. The number of benzene rings is 2. The van der Waals surface area contributed by atoms with Gasteiger partial charge in [-0.15, -0.1) is 0 Å². The molecule has 1 amide bonds. The number of amides is 1. The number of hydrogen-bond acceptors (Lipinski definition) is 4. The highest BCUT2D eigenvalue weighted by Gasteiger charge is 2.14. The fourth-order valence-electron chi connectivity index (χ4n) is 2.24. The molecule has 0 aliphatic heterocycles. The van der Waals surface area contributed by atoms with Crippen molar-refractivity contribution in [1.29, 1.82) is 5.26 Å². The van der Waals surface area contributed by atoms with E-state index < -0.39 is 5.91 Å². The zero-order valence-corrected chi connectivity index (χ0v) is 15.9. The lowest BCUT2D eigenvalue weighted by molar-refractivity contribution is -0.112. The molecular weight excluding hydrogens is 375 g/mol. The maximum absolute atomic E-state index is 12.4. The van der Waals surface area contributed by atoms with E-state index in [1.54, 1.807) is 24.3 Å². The molecule has 2 aromatic rings. The summed E-state index contributed by atoms with van der Waals surface area (Å²) in [5, 5.41) is 12.7. The Kier molecular flexibility index (Phi) is 6.51. The SMILES string of the molecule is COc1cc(C)c(/C=C(/C#N)C(=O)Nc2ccc(Cl)cc2Cl)cc1OC. The van der Waals surface area contributed by atoms with Crippen LogP contribution in [-0.2, 0) is 4.79 Å². The van der Waals surface area contributed by atoms with E-state index >= 15 is 0 Å². The fraction of sp³-hybridized carbons (Fsp3) is 0.158. The van der Waals surface area contributed by atoms with Crippen molar-refractivity contribution in [2.24, 2.45) is 0 Å². The normalized spacial score (nSPS) is 10.8. The van der Waals surface area contributed by atoms with Gasteiger partial charge in [-0.3, -0.25) is 4.79 Å². The third-order valence-corrected chi connectivity index (χ3v) is 4.16. The van der Waals surface area contributed by atoms with E-state index in [1.807, 2.05) is 13.0 Å². The van der Waals surface area contributed by atoms with Crippen LogP contribution in [0, 0.1) is 18.3 Å². The Morgan fingerprint density at radius 3 is 2.38 bits per heavy atom. The first-order chi connectivity index (χ1) is 12.4. The summed E-state index contributed by atoms with van der Waals surface area (Å²) in [6.07, 6.45) is 1.48. The summed E-state index contributed by atoms with van der Waals surface area (Å²) >= 11 is 11.9. The number of carbonyl (C=O) groups excluding carboxylic acids is 1. The van der Waals surface area contributed by atoms with Crippen molar-refractivity contribution in [1.82, 2.24) is 0 Å². The molecular formula is C19H16Cl2N2O3. The summed E-state index contributed by atoms with van der Waals surface area (Å²) in [5.74, 6) is 0.492. The topological polar surface area (TPSA) is 71.3 Å². The van der Waals surface area contributed by atoms with Crippen LogP contribution in [0.25, 0.3) is 6.08 Å². The molecule has 0 fully saturated rings. The van der Waals surface area contributed by atoms with E-state index in [0.717, 1.165) is 5.56 Å². The van der Waals surface area contributed by atoms with Crippen LogP contribution in [0.15, 0.2) is 35.9 Å². The Morgan fingerprint density at radius 2 is 1.81 bits per heavy atom. The van der Waals surface area contributed by atoms with Crippen molar-refractivity contribution in [2.75, 3.05) is 19.5 Å². The number of ether oxygens (including phenoxy) is 2. The summed E-state index contributed by atoms with van der Waals surface area (Å²) in [5.41, 5.74) is 1.78. The Balaban J connectivity index is 2.35. The maximum Gasteiger partial charge on any atom is 0.266 e. The number of anilines is 1. The highest BCUT2D eigenvalue weighted by molar-refractivity contribution is 6.36. The molecule has 0 heterocycles. The van der Waals surface area contributed by atoms with Gasteiger partial charge in [-0.2, -0.15) is 5.26 Å². The summed E-state index contributed by atoms with van der Waals surface area (Å²) in [4.78, 5) is 12.4. The van der Waals surface area contributed by atoms with E-state index in [0.29, 0.717) is 27.8 Å². The molecule has 0 saturated carbocycles. The number of halogens is 2. The zero-order valence-electron chi connectivity index (χ0n) is 14.4. The van der Waals surface area contributed by atoms with Crippen LogP contribution in [0.4, 0.5) is 5.69 Å². The molecule has 0 aliphatic carbocycles. The zero-order chi connectivity index (χ0) is 19.3. The van der Waals surface area contributed by atoms with E-state index in [1.165, 1.54) is 26.4 Å². The molecule has 2 aromatic carbocycles. The number of nitrogens with one attached hydrogen (secondary N) is 1. The van der Waals surface area contributed by atoms with Crippen molar-refractivity contribution in [3.63, 3.8) is 0 Å². The van der Waals surface area contributed by atoms with Crippen LogP contribution in [0.2, 0.25) is 10.0 Å². The Labute approximate surface area is 161 Å². The van der Waals surface area contributed by atoms with Crippen LogP contribution in [0.3, 0.4) is 0 Å². The summed E-state index contributed by atoms with van der Waals surface area (Å²) in [7, 11) is 3.05. The molecule has 2 rings (SSSR count). The van der Waals surface area contributed by atoms with Crippen LogP contribution < -0.4 is 14.8 Å². The van der Waals surface area contributed by atoms with E-state index in [2.05, 4.69) is 5.32 Å². The molecule has 0 aromatic heterocycles. The molecule has 26 heavy (non-hydrogen) atoms. The minimum atomic E-state index is -0.578. The van der Waals surface area contributed by atoms with Crippen molar-refractivity contribution in [3.05, 3.63) is 57.1 Å². The first kappa shape index (κ1) is 19.6. The van der Waals surface area contributed by atoms with Gasteiger partial charge in [-0.05, 0) is 54.5 Å². The highest BCUT2D eigenvalue weighted by atomic mass is 35.5. The van der Waals surface area contributed by atoms with E-state index in [9.17, 15) is 10.1 Å². The van der Waals surface area contributed by atoms with Crippen LogP contribution in [0.5, 0.6) is 11.5 Å². The molecule has 5 nitrogen and oxygen atoms in total. The summed E-state index contributed by atoms with van der Waals surface area (Å²) in [6, 6.07) is 10.0. The monoisotopic (exact) mass is 390 g/mol. The van der Waals surface area contributed by atoms with Gasteiger partial charge in [-0.1, -0.05) is 23.2 Å². The number of rotatable bonds is 5. The van der Waals surface area contributed by atoms with Crippen LogP contribution in [0.1, 0.15) is 11.1 Å². The average molecular weight is 391 g/mol. The minimum Gasteiger partial charge on any atom is -0.493 e. The molecule has 1 N–H and O–H groups in total. The van der Waals surface area contributed by atoms with Gasteiger partial charge in [0.25, 0.3) is 5.91 Å². The van der Waals surface area contributed by atoms with Gasteiger partial charge in [0.15, 0.2) is 11.5 Å². The quantitative estimate of drug-likeness (QED) is 0.584. The van der Waals surface area contributed by atoms with Gasteiger partial charge in [0.05, 0.1) is 24.9 Å². The van der Waals surface area contributed by atoms with Crippen LogP contribution in [-0.4, -0.2) is 20.1 Å². The van der Waals surface area contributed by atoms with Gasteiger partial charge in [-0.25, -0.2) is 0 Å². The molecule has 0 radical (unpaired) electrons. The van der Waals surface area contributed by atoms with Crippen molar-refractivity contribution < 1.29 is 14.3 Å². The molecule has 0 atom stereocenters. The number of carbonyl (C=O) groups is 1. The molecule has 0 unspecified atom stereocenters. The Bertz CT molecular complexity index is 918. The van der Waals surface area contributed by atoms with Gasteiger partial charge >= 0.3 is 0 Å². The van der Waals surface area contributed by atoms with Crippen LogP contribution >= 0.6 is 23.2 Å². The summed E-state index contributed by atoms with van der Waals surface area (Å²) < 4.78 is 10.5. The molecule has 0 spiro atoms. The Hall–Kier alpha value is -2.68. The fourth-order valence-corrected chi connectivity index (χ4v) is 2.69. The standard InChI is InChI=1S/C19H16Cl2N2O3/c1-11-6-17(25-2)18(26-3)8-12(11)7-13(10-22)19(24)23-16-5-4-14(20)9-15(16)21/h4-9H,1-3H3,(H,23,24)/b13-7-. The average Bonchev–Trinajstić information content (AvgIpc) is 2.62. The molecule has 0 bridgehead atoms. The Morgan fingerprint density at radius 1 is 1.15 bits per heavy atom. The van der Waals surface area contributed by atoms with Gasteiger partial charge in [0.2, 0.25) is 0 Å². The van der Waals surface area contributed by atoms with Crippen molar-refractivity contribution in [3.8, 4) is 17.6 Å². The smallest absolute Gasteiger partial charge is 0.266 e. The lowest BCUT2D eigenvalue weighted by atomic mass is 10.0. The highest BCUT2D eigenvalue weighted by Crippen LogP contribution is 2.31. The first-order valence-electron chi connectivity index (χ1n) is 7.50. The second-order valence-corrected chi connectivity index (χ2v) is 6.16. The number of nitrogens with zero attached hydrogens (tertiary/aromatic N) is 1. The lowest BCUT2D eigenvalue weighted by Gasteiger charge is -2.11. The first-order valence-corrected chi connectivity index (χ1v) is 8.26. The largest absolute Gasteiger partial charge is 0.493 e. The third kappa shape index (κ3) is 4.48. The van der Waals surface area contributed by atoms with Crippen molar-refractivity contribution >= 4 is 40.9 Å². The van der Waals surface area contributed by atoms with Gasteiger partial charge in [0, 0.05) is 5.02 Å². The predicted molar refractivity (Wildman–Crippen MR) is 103 cm³/mol. The van der Waals surface area contributed by atoms with E-state index in [4.69, 9.17) is 32.7 Å². The van der Waals surface area contributed by atoms with Crippen molar-refractivity contribution in [2.45, 2.75) is 6.92 Å². The maximum atomic E-state index is 12.4. The van der Waals surface area contributed by atoms with Gasteiger partial charge < -0.3 is 14.8 Å². The molecule has 0 aliphatic rings. The second-order valence-electron chi connectivity index (χ2n) is 5.31. The number of aryl methyl sites for hydroxylation is 1. The van der Waals surface area contributed by atoms with E-state index in [-0.39, 0.29) is 10.6 Å². The third-order valence-electron chi connectivity index (χ3n) is 3.62. The minimum absolute atomic E-state index is 0.0775. The molecule has 134 valence electrons. The number of nitriles is 1.